The van der Waals surface area contributed by atoms with Gasteiger partial charge in [-0.15, -0.1) is 0 Å². The van der Waals surface area contributed by atoms with Gasteiger partial charge in [-0.1, -0.05) is 28.1 Å². The molecule has 3 rings (SSSR count). The zero-order chi connectivity index (χ0) is 14.8. The Morgan fingerprint density at radius 2 is 2.00 bits per heavy atom. The Hall–Kier alpha value is -2.27. The zero-order valence-electron chi connectivity index (χ0n) is 11.2. The molecule has 0 N–H and O–H groups in total. The molecule has 0 aliphatic carbocycles. The van der Waals surface area contributed by atoms with Crippen LogP contribution in [-0.2, 0) is 4.74 Å². The van der Waals surface area contributed by atoms with Gasteiger partial charge in [-0.25, -0.2) is 9.78 Å². The summed E-state index contributed by atoms with van der Waals surface area (Å²) in [4.78, 5) is 19.9. The Kier molecular flexibility index (Phi) is 3.66. The normalized spacial score (nSPS) is 10.6. The lowest BCUT2D eigenvalue weighted by atomic mass is 10.1. The number of methoxy groups -OCH3 is 1. The Labute approximate surface area is 129 Å². The van der Waals surface area contributed by atoms with E-state index in [1.807, 2.05) is 36.5 Å². The standard InChI is InChI=1S/C16H11BrN2O2/c1-21-16(20)14-6-5-11(8-18-14)15-7-10-3-2-4-13(17)12(10)9-19-15/h2-9H,1H3. The molecule has 0 bridgehead atoms. The maximum atomic E-state index is 11.4. The summed E-state index contributed by atoms with van der Waals surface area (Å²) in [6.45, 7) is 0. The van der Waals surface area contributed by atoms with E-state index in [1.54, 1.807) is 12.3 Å². The van der Waals surface area contributed by atoms with Crippen molar-refractivity contribution in [1.82, 2.24) is 9.97 Å². The van der Waals surface area contributed by atoms with Crippen molar-refractivity contribution in [3.05, 3.63) is 59.0 Å². The van der Waals surface area contributed by atoms with E-state index in [4.69, 9.17) is 0 Å². The third-order valence-corrected chi connectivity index (χ3v) is 3.86. The highest BCUT2D eigenvalue weighted by Gasteiger charge is 2.08. The number of halogens is 1. The number of nitrogens with zero attached hydrogens (tertiary/aromatic N) is 2. The van der Waals surface area contributed by atoms with Gasteiger partial charge in [0.25, 0.3) is 0 Å². The number of esters is 1. The SMILES string of the molecule is COC(=O)c1ccc(-c2cc3cccc(Br)c3cn2)cn1. The molecule has 0 radical (unpaired) electrons. The van der Waals surface area contributed by atoms with E-state index >= 15 is 0 Å². The maximum Gasteiger partial charge on any atom is 0.356 e. The molecule has 0 saturated carbocycles. The van der Waals surface area contributed by atoms with Crippen LogP contribution in [0.1, 0.15) is 10.5 Å². The predicted octanol–water partition coefficient (Wildman–Crippen LogP) is 3.85. The topological polar surface area (TPSA) is 52.1 Å². The molecule has 2 aromatic heterocycles. The molecule has 4 nitrogen and oxygen atoms in total. The highest BCUT2D eigenvalue weighted by molar-refractivity contribution is 9.10. The number of ether oxygens (including phenoxy) is 1. The van der Waals surface area contributed by atoms with E-state index in [-0.39, 0.29) is 5.69 Å². The summed E-state index contributed by atoms with van der Waals surface area (Å²) >= 11 is 3.51. The molecule has 0 aliphatic rings. The summed E-state index contributed by atoms with van der Waals surface area (Å²) in [7, 11) is 1.33. The van der Waals surface area contributed by atoms with E-state index in [0.717, 1.165) is 26.5 Å². The van der Waals surface area contributed by atoms with E-state index < -0.39 is 5.97 Å². The fourth-order valence-corrected chi connectivity index (χ4v) is 2.55. The molecule has 0 saturated heterocycles. The Balaban J connectivity index is 2.02. The molecule has 0 amide bonds. The average molecular weight is 343 g/mol. The van der Waals surface area contributed by atoms with Crippen LogP contribution in [-0.4, -0.2) is 23.0 Å². The molecule has 3 aromatic rings. The lowest BCUT2D eigenvalue weighted by Crippen LogP contribution is -2.03. The Morgan fingerprint density at radius 1 is 1.14 bits per heavy atom. The quantitative estimate of drug-likeness (QED) is 0.664. The van der Waals surface area contributed by atoms with Gasteiger partial charge in [-0.3, -0.25) is 4.98 Å². The van der Waals surface area contributed by atoms with Gasteiger partial charge in [0.1, 0.15) is 5.69 Å². The molecule has 2 heterocycles. The lowest BCUT2D eigenvalue weighted by Gasteiger charge is -2.05. The van der Waals surface area contributed by atoms with Crippen LogP contribution in [0.25, 0.3) is 22.0 Å². The fraction of sp³-hybridized carbons (Fsp3) is 0.0625. The third-order valence-electron chi connectivity index (χ3n) is 3.17. The van der Waals surface area contributed by atoms with Crippen LogP contribution in [0.3, 0.4) is 0 Å². The Bertz CT molecular complexity index is 816. The van der Waals surface area contributed by atoms with E-state index in [9.17, 15) is 4.79 Å². The van der Waals surface area contributed by atoms with Crippen LogP contribution in [0.4, 0.5) is 0 Å². The highest BCUT2D eigenvalue weighted by atomic mass is 79.9. The lowest BCUT2D eigenvalue weighted by molar-refractivity contribution is 0.0594. The molecule has 21 heavy (non-hydrogen) atoms. The number of pyridine rings is 2. The number of aromatic nitrogens is 2. The predicted molar refractivity (Wildman–Crippen MR) is 84.0 cm³/mol. The van der Waals surface area contributed by atoms with Gasteiger partial charge in [-0.2, -0.15) is 0 Å². The molecule has 5 heteroatoms. The Morgan fingerprint density at radius 3 is 2.71 bits per heavy atom. The first-order chi connectivity index (χ1) is 10.2. The molecule has 1 aromatic carbocycles. The fourth-order valence-electron chi connectivity index (χ4n) is 2.06. The number of hydrogen-bond acceptors (Lipinski definition) is 4. The molecule has 0 atom stereocenters. The highest BCUT2D eigenvalue weighted by Crippen LogP contribution is 2.26. The van der Waals surface area contributed by atoms with Crippen LogP contribution in [0, 0.1) is 0 Å². The first kappa shape index (κ1) is 13.7. The molecule has 0 fully saturated rings. The average Bonchev–Trinajstić information content (AvgIpc) is 2.54. The van der Waals surface area contributed by atoms with Crippen LogP contribution in [0.2, 0.25) is 0 Å². The summed E-state index contributed by atoms with van der Waals surface area (Å²) in [5.41, 5.74) is 1.94. The first-order valence-electron chi connectivity index (χ1n) is 6.28. The van der Waals surface area contributed by atoms with Gasteiger partial charge in [0.15, 0.2) is 0 Å². The second-order valence-corrected chi connectivity index (χ2v) is 5.31. The molecule has 0 spiro atoms. The van der Waals surface area contributed by atoms with Gasteiger partial charge < -0.3 is 4.74 Å². The van der Waals surface area contributed by atoms with E-state index in [1.165, 1.54) is 7.11 Å². The van der Waals surface area contributed by atoms with Gasteiger partial charge >= 0.3 is 5.97 Å². The van der Waals surface area contributed by atoms with Crippen LogP contribution in [0.15, 0.2) is 53.3 Å². The minimum absolute atomic E-state index is 0.282. The summed E-state index contributed by atoms with van der Waals surface area (Å²) in [5.74, 6) is -0.447. The summed E-state index contributed by atoms with van der Waals surface area (Å²) < 4.78 is 5.64. The number of carbonyl (C=O) groups excluding carboxylic acids is 1. The number of carbonyl (C=O) groups is 1. The van der Waals surface area contributed by atoms with Crippen molar-refractivity contribution >= 4 is 32.7 Å². The van der Waals surface area contributed by atoms with Gasteiger partial charge in [0.2, 0.25) is 0 Å². The van der Waals surface area contributed by atoms with Crippen LogP contribution < -0.4 is 0 Å². The van der Waals surface area contributed by atoms with E-state index in [0.29, 0.717) is 0 Å². The largest absolute Gasteiger partial charge is 0.464 e. The smallest absolute Gasteiger partial charge is 0.356 e. The molecular weight excluding hydrogens is 332 g/mol. The summed E-state index contributed by atoms with van der Waals surface area (Å²) in [6, 6.07) is 11.4. The van der Waals surface area contributed by atoms with Crippen molar-refractivity contribution < 1.29 is 9.53 Å². The monoisotopic (exact) mass is 342 g/mol. The molecule has 0 unspecified atom stereocenters. The van der Waals surface area contributed by atoms with Crippen molar-refractivity contribution in [2.45, 2.75) is 0 Å². The zero-order valence-corrected chi connectivity index (χ0v) is 12.8. The second-order valence-electron chi connectivity index (χ2n) is 4.45. The molecule has 0 aliphatic heterocycles. The van der Waals surface area contributed by atoms with Crippen LogP contribution >= 0.6 is 15.9 Å². The minimum atomic E-state index is -0.447. The summed E-state index contributed by atoms with van der Waals surface area (Å²) in [5, 5.41) is 2.15. The number of hydrogen-bond donors (Lipinski definition) is 0. The second kappa shape index (κ2) is 5.61. The molecular formula is C16H11BrN2O2. The minimum Gasteiger partial charge on any atom is -0.464 e. The van der Waals surface area contributed by atoms with Gasteiger partial charge in [0, 0.05) is 27.8 Å². The first-order valence-corrected chi connectivity index (χ1v) is 7.07. The number of fused-ring (bicyclic) bond motifs is 1. The number of benzene rings is 1. The van der Waals surface area contributed by atoms with Crippen molar-refractivity contribution in [3.63, 3.8) is 0 Å². The van der Waals surface area contributed by atoms with Gasteiger partial charge in [-0.05, 0) is 29.7 Å². The van der Waals surface area contributed by atoms with Crippen molar-refractivity contribution in [1.29, 1.82) is 0 Å². The molecule has 104 valence electrons. The van der Waals surface area contributed by atoms with E-state index in [2.05, 4.69) is 30.6 Å². The summed E-state index contributed by atoms with van der Waals surface area (Å²) in [6.07, 6.45) is 3.45. The van der Waals surface area contributed by atoms with Crippen molar-refractivity contribution in [3.8, 4) is 11.3 Å². The number of rotatable bonds is 2. The van der Waals surface area contributed by atoms with Crippen molar-refractivity contribution in [2.24, 2.45) is 0 Å². The third kappa shape index (κ3) is 2.64. The van der Waals surface area contributed by atoms with Crippen molar-refractivity contribution in [2.75, 3.05) is 7.11 Å². The maximum absolute atomic E-state index is 11.4. The van der Waals surface area contributed by atoms with Gasteiger partial charge in [0.05, 0.1) is 12.8 Å². The van der Waals surface area contributed by atoms with Crippen LogP contribution in [0.5, 0.6) is 0 Å².